The van der Waals surface area contributed by atoms with Crippen LogP contribution in [0, 0.1) is 23.7 Å². The van der Waals surface area contributed by atoms with Gasteiger partial charge in [-0.05, 0) is 43.2 Å². The molecule has 0 bridgehead atoms. The number of nitriles is 1. The van der Waals surface area contributed by atoms with Crippen LogP contribution in [0.2, 0.25) is 0 Å². The molecule has 5 nitrogen and oxygen atoms in total. The fourth-order valence-corrected chi connectivity index (χ4v) is 2.54. The Bertz CT molecular complexity index is 921. The summed E-state index contributed by atoms with van der Waals surface area (Å²) in [4.78, 5) is 12.5. The zero-order valence-corrected chi connectivity index (χ0v) is 15.9. The van der Waals surface area contributed by atoms with Crippen LogP contribution in [0.4, 0.5) is 0 Å². The second-order valence-corrected chi connectivity index (χ2v) is 5.91. The first-order valence-corrected chi connectivity index (χ1v) is 8.89. The molecule has 142 valence electrons. The van der Waals surface area contributed by atoms with Gasteiger partial charge in [0, 0.05) is 0 Å². The Balaban J connectivity index is 2.21. The van der Waals surface area contributed by atoms with E-state index >= 15 is 0 Å². The highest BCUT2D eigenvalue weighted by Gasteiger charge is 2.14. The number of amides is 1. The van der Waals surface area contributed by atoms with Gasteiger partial charge in [0.1, 0.15) is 18.2 Å². The third-order valence-corrected chi connectivity index (χ3v) is 3.90. The zero-order valence-electron chi connectivity index (χ0n) is 15.9. The molecule has 5 heteroatoms. The Labute approximate surface area is 165 Å². The second kappa shape index (κ2) is 10.4. The molecule has 0 aliphatic rings. The molecule has 28 heavy (non-hydrogen) atoms. The number of benzene rings is 2. The summed E-state index contributed by atoms with van der Waals surface area (Å²) in [5, 5.41) is 12.3. The standard InChI is InChI=1S/C23H22N2O3/c1-4-13-28-21-12-11-18(15-22(21)27-5-2)14-20(16-24)23(26)25-17(3)19-9-7-6-8-10-19/h1,6-12,14-15,17H,5,13H2,2-3H3,(H,25,26)/b20-14+/t17-/m1/s1. The maximum atomic E-state index is 12.5. The van der Waals surface area contributed by atoms with Crippen molar-refractivity contribution >= 4 is 12.0 Å². The van der Waals surface area contributed by atoms with Gasteiger partial charge in [0.2, 0.25) is 0 Å². The van der Waals surface area contributed by atoms with E-state index in [-0.39, 0.29) is 18.2 Å². The van der Waals surface area contributed by atoms with E-state index in [1.54, 1.807) is 18.2 Å². The van der Waals surface area contributed by atoms with E-state index in [1.165, 1.54) is 6.08 Å². The lowest BCUT2D eigenvalue weighted by Crippen LogP contribution is -2.27. The number of nitrogens with one attached hydrogen (secondary N) is 1. The van der Waals surface area contributed by atoms with Gasteiger partial charge in [0.25, 0.3) is 5.91 Å². The quantitative estimate of drug-likeness (QED) is 0.432. The summed E-state index contributed by atoms with van der Waals surface area (Å²) < 4.78 is 11.0. The lowest BCUT2D eigenvalue weighted by Gasteiger charge is -2.14. The van der Waals surface area contributed by atoms with E-state index < -0.39 is 5.91 Å². The van der Waals surface area contributed by atoms with Gasteiger partial charge < -0.3 is 14.8 Å². The molecular weight excluding hydrogens is 352 g/mol. The highest BCUT2D eigenvalue weighted by atomic mass is 16.5. The minimum atomic E-state index is -0.440. The number of carbonyl (C=O) groups is 1. The van der Waals surface area contributed by atoms with E-state index in [0.717, 1.165) is 5.56 Å². The molecule has 0 aromatic heterocycles. The largest absolute Gasteiger partial charge is 0.490 e. The second-order valence-electron chi connectivity index (χ2n) is 5.91. The summed E-state index contributed by atoms with van der Waals surface area (Å²) in [7, 11) is 0. The number of rotatable bonds is 8. The van der Waals surface area contributed by atoms with Crippen LogP contribution in [0.15, 0.2) is 54.1 Å². The molecule has 0 spiro atoms. The van der Waals surface area contributed by atoms with Crippen molar-refractivity contribution < 1.29 is 14.3 Å². The summed E-state index contributed by atoms with van der Waals surface area (Å²) in [6.07, 6.45) is 6.74. The molecule has 0 aliphatic heterocycles. The smallest absolute Gasteiger partial charge is 0.262 e. The normalized spacial score (nSPS) is 11.6. The fourth-order valence-electron chi connectivity index (χ4n) is 2.54. The average Bonchev–Trinajstić information content (AvgIpc) is 2.72. The summed E-state index contributed by atoms with van der Waals surface area (Å²) in [5.41, 5.74) is 1.61. The summed E-state index contributed by atoms with van der Waals surface area (Å²) in [5.74, 6) is 2.98. The number of carbonyl (C=O) groups excluding carboxylic acids is 1. The molecule has 2 rings (SSSR count). The van der Waals surface area contributed by atoms with E-state index in [4.69, 9.17) is 15.9 Å². The highest BCUT2D eigenvalue weighted by molar-refractivity contribution is 6.01. The van der Waals surface area contributed by atoms with Crippen molar-refractivity contribution in [2.45, 2.75) is 19.9 Å². The van der Waals surface area contributed by atoms with Crippen LogP contribution in [-0.2, 0) is 4.79 Å². The number of hydrogen-bond donors (Lipinski definition) is 1. The van der Waals surface area contributed by atoms with Crippen LogP contribution in [0.5, 0.6) is 11.5 Å². The van der Waals surface area contributed by atoms with E-state index in [1.807, 2.05) is 50.2 Å². The molecular formula is C23H22N2O3. The van der Waals surface area contributed by atoms with Gasteiger partial charge in [-0.3, -0.25) is 4.79 Å². The monoisotopic (exact) mass is 374 g/mol. The number of terminal acetylenes is 1. The zero-order chi connectivity index (χ0) is 20.4. The van der Waals surface area contributed by atoms with Crippen LogP contribution in [0.1, 0.15) is 31.0 Å². The Morgan fingerprint density at radius 1 is 1.21 bits per heavy atom. The van der Waals surface area contributed by atoms with Crippen molar-refractivity contribution in [2.24, 2.45) is 0 Å². The van der Waals surface area contributed by atoms with Crippen LogP contribution in [0.25, 0.3) is 6.08 Å². The third-order valence-electron chi connectivity index (χ3n) is 3.90. The Hall–Kier alpha value is -3.70. The minimum Gasteiger partial charge on any atom is -0.490 e. The summed E-state index contributed by atoms with van der Waals surface area (Å²) in [6, 6.07) is 16.4. The van der Waals surface area contributed by atoms with Crippen molar-refractivity contribution in [3.8, 4) is 29.9 Å². The summed E-state index contributed by atoms with van der Waals surface area (Å²) >= 11 is 0. The van der Waals surface area contributed by atoms with E-state index in [0.29, 0.717) is 23.7 Å². The first kappa shape index (κ1) is 20.6. The van der Waals surface area contributed by atoms with Crippen molar-refractivity contribution in [1.82, 2.24) is 5.32 Å². The highest BCUT2D eigenvalue weighted by Crippen LogP contribution is 2.29. The Kier molecular flexibility index (Phi) is 7.69. The predicted octanol–water partition coefficient (Wildman–Crippen LogP) is 3.88. The maximum Gasteiger partial charge on any atom is 0.262 e. The van der Waals surface area contributed by atoms with Gasteiger partial charge in [-0.25, -0.2) is 0 Å². The van der Waals surface area contributed by atoms with Gasteiger partial charge in [0.15, 0.2) is 11.5 Å². The first-order valence-electron chi connectivity index (χ1n) is 8.89. The Morgan fingerprint density at radius 3 is 2.61 bits per heavy atom. The SMILES string of the molecule is C#CCOc1ccc(/C=C(\C#N)C(=O)N[C@H](C)c2ccccc2)cc1OCC. The van der Waals surface area contributed by atoms with Crippen molar-refractivity contribution in [2.75, 3.05) is 13.2 Å². The average molecular weight is 374 g/mol. The molecule has 1 atom stereocenters. The number of nitrogens with zero attached hydrogens (tertiary/aromatic N) is 1. The molecule has 0 saturated heterocycles. The molecule has 0 aliphatic carbocycles. The van der Waals surface area contributed by atoms with Gasteiger partial charge in [0.05, 0.1) is 12.6 Å². The van der Waals surface area contributed by atoms with Crippen LogP contribution in [0.3, 0.4) is 0 Å². The molecule has 1 N–H and O–H groups in total. The molecule has 0 fully saturated rings. The van der Waals surface area contributed by atoms with E-state index in [9.17, 15) is 10.1 Å². The third kappa shape index (κ3) is 5.65. The van der Waals surface area contributed by atoms with Crippen LogP contribution in [-0.4, -0.2) is 19.1 Å². The number of hydrogen-bond acceptors (Lipinski definition) is 4. The molecule has 0 radical (unpaired) electrons. The molecule has 0 heterocycles. The number of ether oxygens (including phenoxy) is 2. The molecule has 0 unspecified atom stereocenters. The first-order chi connectivity index (χ1) is 13.6. The minimum absolute atomic E-state index is 0.00234. The van der Waals surface area contributed by atoms with Crippen LogP contribution < -0.4 is 14.8 Å². The maximum absolute atomic E-state index is 12.5. The van der Waals surface area contributed by atoms with Crippen LogP contribution >= 0.6 is 0 Å². The predicted molar refractivity (Wildman–Crippen MR) is 109 cm³/mol. The fraction of sp³-hybridized carbons (Fsp3) is 0.217. The van der Waals surface area contributed by atoms with E-state index in [2.05, 4.69) is 11.2 Å². The van der Waals surface area contributed by atoms with Gasteiger partial charge in [-0.15, -0.1) is 6.42 Å². The van der Waals surface area contributed by atoms with Crippen molar-refractivity contribution in [3.05, 3.63) is 65.2 Å². The molecule has 2 aromatic rings. The van der Waals surface area contributed by atoms with Crippen molar-refractivity contribution in [1.29, 1.82) is 5.26 Å². The molecule has 2 aromatic carbocycles. The topological polar surface area (TPSA) is 71.3 Å². The van der Waals surface area contributed by atoms with Gasteiger partial charge in [-0.1, -0.05) is 42.3 Å². The van der Waals surface area contributed by atoms with Gasteiger partial charge in [-0.2, -0.15) is 5.26 Å². The lowest BCUT2D eigenvalue weighted by atomic mass is 10.1. The summed E-state index contributed by atoms with van der Waals surface area (Å²) in [6.45, 7) is 4.29. The Morgan fingerprint density at radius 2 is 1.96 bits per heavy atom. The van der Waals surface area contributed by atoms with Crippen molar-refractivity contribution in [3.63, 3.8) is 0 Å². The molecule has 0 saturated carbocycles. The van der Waals surface area contributed by atoms with Gasteiger partial charge >= 0.3 is 0 Å². The lowest BCUT2D eigenvalue weighted by molar-refractivity contribution is -0.117. The molecule has 1 amide bonds.